The van der Waals surface area contributed by atoms with Crippen molar-refractivity contribution in [2.75, 3.05) is 4.72 Å². The summed E-state index contributed by atoms with van der Waals surface area (Å²) in [4.78, 5) is 16.9. The van der Waals surface area contributed by atoms with Crippen LogP contribution in [0.1, 0.15) is 27.2 Å². The molecule has 1 heterocycles. The maximum absolute atomic E-state index is 12.9. The second-order valence-electron chi connectivity index (χ2n) is 7.54. The lowest BCUT2D eigenvalue weighted by atomic mass is 10.1. The first-order valence-corrected chi connectivity index (χ1v) is 11.7. The number of nitrogens with zero attached hydrogens (tertiary/aromatic N) is 1. The molecule has 0 fully saturated rings. The molecule has 0 unspecified atom stereocenters. The van der Waals surface area contributed by atoms with Crippen molar-refractivity contribution in [3.63, 3.8) is 0 Å². The Balaban J connectivity index is 1.47. The fraction of sp³-hybridized carbons (Fsp3) is 0.120. The van der Waals surface area contributed by atoms with E-state index in [0.29, 0.717) is 22.8 Å². The van der Waals surface area contributed by atoms with Crippen molar-refractivity contribution in [2.45, 2.75) is 25.3 Å². The first-order chi connectivity index (χ1) is 15.8. The second-order valence-corrected chi connectivity index (χ2v) is 9.19. The van der Waals surface area contributed by atoms with Gasteiger partial charge in [0.05, 0.1) is 10.5 Å². The van der Waals surface area contributed by atoms with Crippen LogP contribution in [0.4, 0.5) is 5.69 Å². The van der Waals surface area contributed by atoms with Crippen LogP contribution >= 0.6 is 0 Å². The number of aryl methyl sites for hydroxylation is 2. The van der Waals surface area contributed by atoms with Gasteiger partial charge in [-0.15, -0.1) is 0 Å². The Morgan fingerprint density at radius 2 is 1.73 bits per heavy atom. The number of anilines is 1. The molecular weight excluding hydrogens is 440 g/mol. The number of ether oxygens (including phenoxy) is 1. The molecule has 0 aliphatic rings. The quantitative estimate of drug-likeness (QED) is 0.383. The van der Waals surface area contributed by atoms with E-state index in [1.165, 1.54) is 18.4 Å². The molecule has 3 aromatic carbocycles. The molecule has 0 spiro atoms. The minimum Gasteiger partial charge on any atom is -0.455 e. The van der Waals surface area contributed by atoms with E-state index in [1.807, 2.05) is 49.4 Å². The second kappa shape index (κ2) is 9.30. The van der Waals surface area contributed by atoms with Crippen molar-refractivity contribution in [1.82, 2.24) is 4.98 Å². The van der Waals surface area contributed by atoms with E-state index < -0.39 is 16.0 Å². The summed E-state index contributed by atoms with van der Waals surface area (Å²) in [5, 5.41) is 0. The summed E-state index contributed by atoms with van der Waals surface area (Å²) in [6.45, 7) is 3.48. The Bertz CT molecular complexity index is 1380. The number of carbonyl (C=O) groups excluding carboxylic acids is 1. The van der Waals surface area contributed by atoms with E-state index in [1.54, 1.807) is 25.1 Å². The number of hydrogen-bond donors (Lipinski definition) is 1. The van der Waals surface area contributed by atoms with Gasteiger partial charge in [0, 0.05) is 11.3 Å². The zero-order valence-corrected chi connectivity index (χ0v) is 18.9. The summed E-state index contributed by atoms with van der Waals surface area (Å²) in [5.74, 6) is -0.237. The number of carbonyl (C=O) groups is 1. The molecule has 0 saturated heterocycles. The van der Waals surface area contributed by atoms with Gasteiger partial charge in [0.1, 0.15) is 18.6 Å². The van der Waals surface area contributed by atoms with Crippen LogP contribution < -0.4 is 4.72 Å². The predicted octanol–water partition coefficient (Wildman–Crippen LogP) is 5.12. The van der Waals surface area contributed by atoms with Crippen LogP contribution in [-0.4, -0.2) is 19.4 Å². The van der Waals surface area contributed by atoms with Crippen molar-refractivity contribution >= 4 is 21.7 Å². The Hall–Kier alpha value is -3.91. The highest BCUT2D eigenvalue weighted by molar-refractivity contribution is 7.92. The molecule has 1 aromatic heterocycles. The molecule has 0 atom stereocenters. The van der Waals surface area contributed by atoms with Crippen LogP contribution in [0.15, 0.2) is 88.4 Å². The molecule has 0 amide bonds. The fourth-order valence-corrected chi connectivity index (χ4v) is 4.49. The van der Waals surface area contributed by atoms with E-state index in [4.69, 9.17) is 9.15 Å². The number of nitrogens with one attached hydrogen (secondary N) is 1. The Kier molecular flexibility index (Phi) is 6.28. The average molecular weight is 463 g/mol. The summed E-state index contributed by atoms with van der Waals surface area (Å²) in [6, 6.07) is 20.8. The average Bonchev–Trinajstić information content (AvgIpc) is 3.29. The van der Waals surface area contributed by atoms with Gasteiger partial charge in [0.2, 0.25) is 5.89 Å². The number of rotatable bonds is 7. The largest absolute Gasteiger partial charge is 0.455 e. The van der Waals surface area contributed by atoms with Crippen LogP contribution in [0.25, 0.3) is 11.5 Å². The molecular formula is C25H22N2O5S. The molecule has 1 N–H and O–H groups in total. The van der Waals surface area contributed by atoms with Crippen molar-refractivity contribution in [3.8, 4) is 11.5 Å². The van der Waals surface area contributed by atoms with Gasteiger partial charge in [0.15, 0.2) is 0 Å². The van der Waals surface area contributed by atoms with Crippen molar-refractivity contribution in [1.29, 1.82) is 0 Å². The highest BCUT2D eigenvalue weighted by Crippen LogP contribution is 2.22. The summed E-state index contributed by atoms with van der Waals surface area (Å²) >= 11 is 0. The van der Waals surface area contributed by atoms with Crippen molar-refractivity contribution in [2.24, 2.45) is 0 Å². The monoisotopic (exact) mass is 462 g/mol. The van der Waals surface area contributed by atoms with Crippen LogP contribution in [0, 0.1) is 13.8 Å². The summed E-state index contributed by atoms with van der Waals surface area (Å²) in [7, 11) is -3.89. The van der Waals surface area contributed by atoms with Crippen molar-refractivity contribution in [3.05, 3.63) is 101 Å². The Morgan fingerprint density at radius 3 is 2.45 bits per heavy atom. The summed E-state index contributed by atoms with van der Waals surface area (Å²) < 4.78 is 39.1. The van der Waals surface area contributed by atoms with Crippen molar-refractivity contribution < 1.29 is 22.4 Å². The maximum Gasteiger partial charge on any atom is 0.338 e. The van der Waals surface area contributed by atoms with E-state index in [-0.39, 0.29) is 17.1 Å². The van der Waals surface area contributed by atoms with Crippen LogP contribution in [-0.2, 0) is 21.4 Å². The fourth-order valence-electron chi connectivity index (χ4n) is 3.16. The smallest absolute Gasteiger partial charge is 0.338 e. The highest BCUT2D eigenvalue weighted by Gasteiger charge is 2.20. The third-order valence-corrected chi connectivity index (χ3v) is 6.46. The first-order valence-electron chi connectivity index (χ1n) is 10.2. The number of esters is 1. The van der Waals surface area contributed by atoms with Gasteiger partial charge >= 0.3 is 5.97 Å². The van der Waals surface area contributed by atoms with E-state index in [2.05, 4.69) is 9.71 Å². The van der Waals surface area contributed by atoms with Gasteiger partial charge in [-0.3, -0.25) is 4.72 Å². The van der Waals surface area contributed by atoms with E-state index in [9.17, 15) is 13.2 Å². The zero-order chi connectivity index (χ0) is 23.4. The molecule has 0 saturated carbocycles. The molecule has 8 heteroatoms. The molecule has 168 valence electrons. The first kappa shape index (κ1) is 22.3. The minimum absolute atomic E-state index is 0.00493. The number of aromatic nitrogens is 1. The predicted molar refractivity (Wildman–Crippen MR) is 124 cm³/mol. The third-order valence-electron chi connectivity index (χ3n) is 4.94. The molecule has 0 aliphatic carbocycles. The zero-order valence-electron chi connectivity index (χ0n) is 18.1. The molecule has 4 aromatic rings. The maximum atomic E-state index is 12.9. The SMILES string of the molecule is Cc1ccc(NS(=O)(=O)c2cc(C(=O)OCc3coc(-c4ccccc4)n3)ccc2C)cc1. The minimum atomic E-state index is -3.89. The molecule has 0 bridgehead atoms. The molecule has 0 radical (unpaired) electrons. The van der Waals surface area contributed by atoms with Gasteiger partial charge in [-0.1, -0.05) is 42.0 Å². The number of hydrogen-bond acceptors (Lipinski definition) is 6. The van der Waals surface area contributed by atoms with E-state index in [0.717, 1.165) is 11.1 Å². The van der Waals surface area contributed by atoms with Crippen LogP contribution in [0.2, 0.25) is 0 Å². The molecule has 7 nitrogen and oxygen atoms in total. The summed E-state index contributed by atoms with van der Waals surface area (Å²) in [6.07, 6.45) is 1.42. The molecule has 0 aliphatic heterocycles. The topological polar surface area (TPSA) is 98.5 Å². The van der Waals surface area contributed by atoms with Gasteiger partial charge in [0.25, 0.3) is 10.0 Å². The number of sulfonamides is 1. The Labute approximate surface area is 192 Å². The highest BCUT2D eigenvalue weighted by atomic mass is 32.2. The lowest BCUT2D eigenvalue weighted by molar-refractivity contribution is 0.0467. The standard InChI is InChI=1S/C25H22N2O5S/c1-17-8-12-21(13-9-17)27-33(29,30)23-14-20(11-10-18(23)2)25(28)32-16-22-15-31-24(26-22)19-6-4-3-5-7-19/h3-15,27H,16H2,1-2H3. The normalized spacial score (nSPS) is 11.2. The van der Waals surface area contributed by atoms with Gasteiger partial charge in [-0.05, 0) is 55.8 Å². The number of benzene rings is 3. The lowest BCUT2D eigenvalue weighted by Gasteiger charge is -2.12. The van der Waals surface area contributed by atoms with Crippen LogP contribution in [0.5, 0.6) is 0 Å². The van der Waals surface area contributed by atoms with Gasteiger partial charge in [-0.2, -0.15) is 0 Å². The van der Waals surface area contributed by atoms with Gasteiger partial charge < -0.3 is 9.15 Å². The Morgan fingerprint density at radius 1 is 1.00 bits per heavy atom. The number of oxazole rings is 1. The summed E-state index contributed by atoms with van der Waals surface area (Å²) in [5.41, 5.74) is 3.34. The lowest BCUT2D eigenvalue weighted by Crippen LogP contribution is -2.15. The van der Waals surface area contributed by atoms with Gasteiger partial charge in [-0.25, -0.2) is 18.2 Å². The van der Waals surface area contributed by atoms with Crippen LogP contribution in [0.3, 0.4) is 0 Å². The third kappa shape index (κ3) is 5.30. The van der Waals surface area contributed by atoms with E-state index >= 15 is 0 Å². The molecule has 4 rings (SSSR count). The molecule has 33 heavy (non-hydrogen) atoms.